The summed E-state index contributed by atoms with van der Waals surface area (Å²) < 4.78 is 5.10. The van der Waals surface area contributed by atoms with Crippen molar-refractivity contribution in [2.24, 2.45) is 0 Å². The fourth-order valence-electron chi connectivity index (χ4n) is 2.37. The largest absolute Gasteiger partial charge is 0.380 e. The third-order valence-electron chi connectivity index (χ3n) is 3.88. The highest BCUT2D eigenvalue weighted by atomic mass is 16.5. The minimum absolute atomic E-state index is 0.0590. The van der Waals surface area contributed by atoms with Crippen molar-refractivity contribution in [2.45, 2.75) is 19.6 Å². The molecule has 0 aliphatic heterocycles. The fraction of sp³-hybridized carbons (Fsp3) is 0.316. The normalized spacial score (nSPS) is 11.8. The maximum absolute atomic E-state index is 12.3. The summed E-state index contributed by atoms with van der Waals surface area (Å²) in [7, 11) is 3.68. The molecule has 23 heavy (non-hydrogen) atoms. The number of nitrogens with zero attached hydrogens (tertiary/aromatic N) is 1. The Bertz CT molecular complexity index is 628. The Labute approximate surface area is 138 Å². The maximum Gasteiger partial charge on any atom is 0.251 e. The molecule has 4 heteroatoms. The van der Waals surface area contributed by atoms with Crippen molar-refractivity contribution in [1.82, 2.24) is 5.32 Å². The third kappa shape index (κ3) is 4.83. The number of anilines is 1. The number of rotatable bonds is 7. The molecule has 122 valence electrons. The molecule has 0 radical (unpaired) electrons. The minimum atomic E-state index is -0.0590. The molecule has 1 amide bonds. The molecular formula is C19H24N2O2. The van der Waals surface area contributed by atoms with Gasteiger partial charge in [-0.2, -0.15) is 0 Å². The zero-order chi connectivity index (χ0) is 16.7. The highest BCUT2D eigenvalue weighted by molar-refractivity contribution is 5.94. The molecule has 0 aliphatic carbocycles. The molecule has 0 unspecified atom stereocenters. The van der Waals surface area contributed by atoms with Crippen LogP contribution in [-0.4, -0.2) is 32.7 Å². The first kappa shape index (κ1) is 17.0. The number of ether oxygens (including phenoxy) is 1. The summed E-state index contributed by atoms with van der Waals surface area (Å²) in [6.07, 6.45) is 0. The number of carbonyl (C=O) groups is 1. The first-order valence-electron chi connectivity index (χ1n) is 7.75. The van der Waals surface area contributed by atoms with E-state index in [1.807, 2.05) is 49.5 Å². The molecular weight excluding hydrogens is 288 g/mol. The summed E-state index contributed by atoms with van der Waals surface area (Å²) in [6, 6.07) is 17.9. The summed E-state index contributed by atoms with van der Waals surface area (Å²) in [5.74, 6) is -0.0590. The maximum atomic E-state index is 12.3. The van der Waals surface area contributed by atoms with Crippen LogP contribution in [0, 0.1) is 0 Å². The highest BCUT2D eigenvalue weighted by Gasteiger charge is 2.12. The summed E-state index contributed by atoms with van der Waals surface area (Å²) in [5.41, 5.74) is 2.79. The Morgan fingerprint density at radius 3 is 2.61 bits per heavy atom. The predicted octanol–water partition coefficient (Wildman–Crippen LogP) is 3.09. The summed E-state index contributed by atoms with van der Waals surface area (Å²) >= 11 is 0. The van der Waals surface area contributed by atoms with Crippen LogP contribution in [0.15, 0.2) is 54.6 Å². The second-order valence-corrected chi connectivity index (χ2v) is 5.64. The van der Waals surface area contributed by atoms with Crippen LogP contribution >= 0.6 is 0 Å². The zero-order valence-electron chi connectivity index (χ0n) is 14.0. The lowest BCUT2D eigenvalue weighted by atomic mass is 10.1. The predicted molar refractivity (Wildman–Crippen MR) is 93.8 cm³/mol. The zero-order valence-corrected chi connectivity index (χ0v) is 14.0. The molecule has 2 rings (SSSR count). The van der Waals surface area contributed by atoms with Gasteiger partial charge in [-0.25, -0.2) is 0 Å². The molecule has 0 aliphatic rings. The van der Waals surface area contributed by atoms with Gasteiger partial charge in [-0.3, -0.25) is 4.79 Å². The highest BCUT2D eigenvalue weighted by Crippen LogP contribution is 2.13. The molecule has 1 atom stereocenters. The second kappa shape index (κ2) is 8.34. The molecule has 1 N–H and O–H groups in total. The fourth-order valence-corrected chi connectivity index (χ4v) is 2.37. The van der Waals surface area contributed by atoms with Crippen molar-refractivity contribution in [3.63, 3.8) is 0 Å². The number of hydrogen-bond donors (Lipinski definition) is 1. The van der Waals surface area contributed by atoms with Gasteiger partial charge in [-0.15, -0.1) is 0 Å². The van der Waals surface area contributed by atoms with Gasteiger partial charge in [0.1, 0.15) is 0 Å². The van der Waals surface area contributed by atoms with Gasteiger partial charge in [-0.05, 0) is 36.8 Å². The molecule has 0 heterocycles. The van der Waals surface area contributed by atoms with Crippen molar-refractivity contribution in [3.8, 4) is 0 Å². The summed E-state index contributed by atoms with van der Waals surface area (Å²) in [4.78, 5) is 14.4. The van der Waals surface area contributed by atoms with Gasteiger partial charge in [0.25, 0.3) is 5.91 Å². The number of benzene rings is 2. The average Bonchev–Trinajstić information content (AvgIpc) is 2.60. The van der Waals surface area contributed by atoms with E-state index in [-0.39, 0.29) is 11.9 Å². The summed E-state index contributed by atoms with van der Waals surface area (Å²) in [6.45, 7) is 3.18. The number of amides is 1. The van der Waals surface area contributed by atoms with E-state index in [9.17, 15) is 4.79 Å². The molecule has 0 aromatic heterocycles. The number of methoxy groups -OCH3 is 1. The van der Waals surface area contributed by atoms with Gasteiger partial charge in [0.15, 0.2) is 0 Å². The van der Waals surface area contributed by atoms with Crippen LogP contribution in [0.2, 0.25) is 0 Å². The van der Waals surface area contributed by atoms with Gasteiger partial charge < -0.3 is 15.0 Å². The van der Waals surface area contributed by atoms with E-state index in [0.717, 1.165) is 11.3 Å². The van der Waals surface area contributed by atoms with Crippen molar-refractivity contribution in [3.05, 3.63) is 65.7 Å². The van der Waals surface area contributed by atoms with E-state index in [0.29, 0.717) is 18.7 Å². The van der Waals surface area contributed by atoms with Gasteiger partial charge in [0.05, 0.1) is 6.61 Å². The molecule has 0 bridgehead atoms. The van der Waals surface area contributed by atoms with Gasteiger partial charge in [0, 0.05) is 38.0 Å². The SMILES string of the molecule is COCc1cccc(C(=O)NC[C@H](C)N(C)c2ccccc2)c1. The standard InChI is InChI=1S/C19H24N2O2/c1-15(21(2)18-10-5-4-6-11-18)13-20-19(22)17-9-7-8-16(12-17)14-23-3/h4-12,15H,13-14H2,1-3H3,(H,20,22)/t15-/m0/s1. The van der Waals surface area contributed by atoms with Crippen LogP contribution in [0.1, 0.15) is 22.8 Å². The molecule has 0 fully saturated rings. The van der Waals surface area contributed by atoms with Crippen LogP contribution < -0.4 is 10.2 Å². The van der Waals surface area contributed by atoms with Crippen molar-refractivity contribution in [1.29, 1.82) is 0 Å². The van der Waals surface area contributed by atoms with Crippen LogP contribution in [0.25, 0.3) is 0 Å². The van der Waals surface area contributed by atoms with E-state index in [4.69, 9.17) is 4.74 Å². The lowest BCUT2D eigenvalue weighted by molar-refractivity contribution is 0.0951. The molecule has 2 aromatic rings. The number of hydrogen-bond acceptors (Lipinski definition) is 3. The Morgan fingerprint density at radius 2 is 1.91 bits per heavy atom. The topological polar surface area (TPSA) is 41.6 Å². The van der Waals surface area contributed by atoms with Crippen LogP contribution in [0.4, 0.5) is 5.69 Å². The summed E-state index contributed by atoms with van der Waals surface area (Å²) in [5, 5.41) is 3.00. The number of likely N-dealkylation sites (N-methyl/N-ethyl adjacent to an activating group) is 1. The Morgan fingerprint density at radius 1 is 1.17 bits per heavy atom. The number of para-hydroxylation sites is 1. The van der Waals surface area contributed by atoms with Crippen molar-refractivity contribution in [2.75, 3.05) is 25.6 Å². The molecule has 2 aromatic carbocycles. The van der Waals surface area contributed by atoms with Crippen LogP contribution in [-0.2, 0) is 11.3 Å². The van der Waals surface area contributed by atoms with Gasteiger partial charge in [0.2, 0.25) is 0 Å². The van der Waals surface area contributed by atoms with E-state index in [1.54, 1.807) is 7.11 Å². The second-order valence-electron chi connectivity index (χ2n) is 5.64. The minimum Gasteiger partial charge on any atom is -0.380 e. The number of nitrogens with one attached hydrogen (secondary N) is 1. The van der Waals surface area contributed by atoms with Crippen molar-refractivity contribution >= 4 is 11.6 Å². The Hall–Kier alpha value is -2.33. The monoisotopic (exact) mass is 312 g/mol. The van der Waals surface area contributed by atoms with E-state index >= 15 is 0 Å². The first-order valence-corrected chi connectivity index (χ1v) is 7.75. The van der Waals surface area contributed by atoms with Gasteiger partial charge >= 0.3 is 0 Å². The van der Waals surface area contributed by atoms with Gasteiger partial charge in [-0.1, -0.05) is 30.3 Å². The quantitative estimate of drug-likeness (QED) is 0.854. The van der Waals surface area contributed by atoms with E-state index < -0.39 is 0 Å². The Balaban J connectivity index is 1.92. The third-order valence-corrected chi connectivity index (χ3v) is 3.88. The first-order chi connectivity index (χ1) is 11.1. The van der Waals surface area contributed by atoms with Crippen LogP contribution in [0.5, 0.6) is 0 Å². The lowest BCUT2D eigenvalue weighted by Gasteiger charge is -2.27. The lowest BCUT2D eigenvalue weighted by Crippen LogP contribution is -2.40. The average molecular weight is 312 g/mol. The van der Waals surface area contributed by atoms with Crippen LogP contribution in [0.3, 0.4) is 0 Å². The van der Waals surface area contributed by atoms with Crippen molar-refractivity contribution < 1.29 is 9.53 Å². The van der Waals surface area contributed by atoms with E-state index in [1.165, 1.54) is 0 Å². The molecule has 0 saturated carbocycles. The Kier molecular flexibility index (Phi) is 6.18. The van der Waals surface area contributed by atoms with E-state index in [2.05, 4.69) is 29.3 Å². The number of carbonyl (C=O) groups excluding carboxylic acids is 1. The molecule has 4 nitrogen and oxygen atoms in total. The molecule has 0 saturated heterocycles. The molecule has 0 spiro atoms. The smallest absolute Gasteiger partial charge is 0.251 e.